The summed E-state index contributed by atoms with van der Waals surface area (Å²) in [6.45, 7) is 7.13. The average molecular weight is 270 g/mol. The monoisotopic (exact) mass is 270 g/mol. The molecule has 110 valence electrons. The van der Waals surface area contributed by atoms with Crippen molar-refractivity contribution >= 4 is 11.9 Å². The van der Waals surface area contributed by atoms with Crippen molar-refractivity contribution in [2.45, 2.75) is 64.5 Å². The fourth-order valence-corrected chi connectivity index (χ4v) is 3.02. The molecule has 0 aromatic heterocycles. The maximum Gasteiger partial charge on any atom is 0.324 e. The van der Waals surface area contributed by atoms with Gasteiger partial charge in [-0.05, 0) is 32.6 Å². The van der Waals surface area contributed by atoms with E-state index in [9.17, 15) is 14.7 Å². The molecule has 1 saturated heterocycles. The van der Waals surface area contributed by atoms with E-state index in [0.29, 0.717) is 25.9 Å². The van der Waals surface area contributed by atoms with Crippen molar-refractivity contribution < 1.29 is 14.7 Å². The van der Waals surface area contributed by atoms with Gasteiger partial charge < -0.3 is 10.4 Å². The lowest BCUT2D eigenvalue weighted by molar-refractivity contribution is -0.153. The number of hydrogen-bond acceptors (Lipinski definition) is 3. The van der Waals surface area contributed by atoms with Gasteiger partial charge in [0.15, 0.2) is 0 Å². The predicted molar refractivity (Wildman–Crippen MR) is 74.0 cm³/mol. The predicted octanol–water partition coefficient (Wildman–Crippen LogP) is 1.62. The van der Waals surface area contributed by atoms with Crippen molar-refractivity contribution in [3.05, 3.63) is 0 Å². The molecule has 2 unspecified atom stereocenters. The minimum absolute atomic E-state index is 0.0644. The van der Waals surface area contributed by atoms with Crippen molar-refractivity contribution in [2.75, 3.05) is 13.1 Å². The Morgan fingerprint density at radius 2 is 2.05 bits per heavy atom. The Morgan fingerprint density at radius 1 is 1.37 bits per heavy atom. The summed E-state index contributed by atoms with van der Waals surface area (Å²) in [7, 11) is 0. The molecule has 0 bridgehead atoms. The van der Waals surface area contributed by atoms with E-state index in [-0.39, 0.29) is 11.9 Å². The second-order valence-electron chi connectivity index (χ2n) is 5.35. The minimum Gasteiger partial charge on any atom is -0.480 e. The second-order valence-corrected chi connectivity index (χ2v) is 5.35. The summed E-state index contributed by atoms with van der Waals surface area (Å²) in [6.07, 6.45) is 3.79. The number of aliphatic carboxylic acids is 1. The van der Waals surface area contributed by atoms with Gasteiger partial charge in [-0.1, -0.05) is 20.3 Å². The molecule has 5 heteroatoms. The average Bonchev–Trinajstić information content (AvgIpc) is 2.80. The summed E-state index contributed by atoms with van der Waals surface area (Å²) < 4.78 is 0. The molecular formula is C14H26N2O3. The van der Waals surface area contributed by atoms with Crippen LogP contribution in [-0.2, 0) is 9.59 Å². The first kappa shape index (κ1) is 16.0. The largest absolute Gasteiger partial charge is 0.480 e. The Hall–Kier alpha value is -1.10. The van der Waals surface area contributed by atoms with Crippen LogP contribution in [0.3, 0.4) is 0 Å². The number of carboxylic acids is 1. The van der Waals surface area contributed by atoms with Crippen LogP contribution in [-0.4, -0.2) is 46.6 Å². The van der Waals surface area contributed by atoms with Gasteiger partial charge in [-0.3, -0.25) is 14.5 Å². The van der Waals surface area contributed by atoms with Gasteiger partial charge in [0.05, 0.1) is 6.04 Å². The molecule has 0 radical (unpaired) electrons. The maximum absolute atomic E-state index is 12.1. The van der Waals surface area contributed by atoms with Crippen LogP contribution in [0.25, 0.3) is 0 Å². The van der Waals surface area contributed by atoms with Crippen LogP contribution in [0.5, 0.6) is 0 Å². The summed E-state index contributed by atoms with van der Waals surface area (Å²) in [5.41, 5.74) is -0.849. The van der Waals surface area contributed by atoms with Gasteiger partial charge in [-0.2, -0.15) is 0 Å². The smallest absolute Gasteiger partial charge is 0.324 e. The molecule has 0 saturated carbocycles. The van der Waals surface area contributed by atoms with Crippen LogP contribution in [0, 0.1) is 0 Å². The molecule has 1 rings (SSSR count). The van der Waals surface area contributed by atoms with E-state index in [1.165, 1.54) is 0 Å². The molecule has 19 heavy (non-hydrogen) atoms. The third kappa shape index (κ3) is 3.26. The van der Waals surface area contributed by atoms with Crippen LogP contribution >= 0.6 is 0 Å². The maximum atomic E-state index is 12.1. The molecule has 5 nitrogen and oxygen atoms in total. The molecule has 1 heterocycles. The van der Waals surface area contributed by atoms with Crippen LogP contribution < -0.4 is 5.32 Å². The van der Waals surface area contributed by atoms with Gasteiger partial charge in [0, 0.05) is 13.1 Å². The number of hydrogen-bond donors (Lipinski definition) is 2. The molecule has 2 atom stereocenters. The lowest BCUT2D eigenvalue weighted by Crippen LogP contribution is -2.57. The number of likely N-dealkylation sites (tertiary alicyclic amines) is 1. The minimum atomic E-state index is -0.849. The standard InChI is InChI=1S/C14H26N2O3/c1-4-7-14(13(18)19)8-6-10-16(14)11(3)12(17)15-9-5-2/h11H,4-10H2,1-3H3,(H,15,17)(H,18,19). The number of nitrogens with zero attached hydrogens (tertiary/aromatic N) is 1. The lowest BCUT2D eigenvalue weighted by atomic mass is 9.89. The van der Waals surface area contributed by atoms with Gasteiger partial charge in [0.2, 0.25) is 5.91 Å². The summed E-state index contributed by atoms with van der Waals surface area (Å²) >= 11 is 0. The highest BCUT2D eigenvalue weighted by atomic mass is 16.4. The zero-order valence-corrected chi connectivity index (χ0v) is 12.2. The highest BCUT2D eigenvalue weighted by molar-refractivity contribution is 5.84. The third-order valence-electron chi connectivity index (χ3n) is 4.00. The van der Waals surface area contributed by atoms with Crippen molar-refractivity contribution in [2.24, 2.45) is 0 Å². The normalized spacial score (nSPS) is 25.2. The van der Waals surface area contributed by atoms with E-state index in [1.807, 2.05) is 25.7 Å². The highest BCUT2D eigenvalue weighted by Crippen LogP contribution is 2.35. The Bertz CT molecular complexity index is 333. The van der Waals surface area contributed by atoms with Gasteiger partial charge in [-0.15, -0.1) is 0 Å². The van der Waals surface area contributed by atoms with Crippen LogP contribution in [0.1, 0.15) is 52.9 Å². The summed E-state index contributed by atoms with van der Waals surface area (Å²) in [5.74, 6) is -0.854. The first-order chi connectivity index (χ1) is 8.99. The van der Waals surface area contributed by atoms with Crippen LogP contribution in [0.15, 0.2) is 0 Å². The second kappa shape index (κ2) is 6.89. The number of amides is 1. The highest BCUT2D eigenvalue weighted by Gasteiger charge is 2.49. The lowest BCUT2D eigenvalue weighted by Gasteiger charge is -2.38. The molecule has 1 aliphatic rings. The molecular weight excluding hydrogens is 244 g/mol. The Kier molecular flexibility index (Phi) is 5.79. The zero-order chi connectivity index (χ0) is 14.5. The SMILES string of the molecule is CCCNC(=O)C(C)N1CCCC1(CCC)C(=O)O. The van der Waals surface area contributed by atoms with E-state index in [4.69, 9.17) is 0 Å². The van der Waals surface area contributed by atoms with E-state index in [1.54, 1.807) is 0 Å². The summed E-state index contributed by atoms with van der Waals surface area (Å²) in [4.78, 5) is 25.6. The van der Waals surface area contributed by atoms with Crippen LogP contribution in [0.4, 0.5) is 0 Å². The molecule has 1 aliphatic heterocycles. The first-order valence-electron chi connectivity index (χ1n) is 7.27. The first-order valence-corrected chi connectivity index (χ1v) is 7.27. The molecule has 0 aliphatic carbocycles. The third-order valence-corrected chi connectivity index (χ3v) is 4.00. The number of carbonyl (C=O) groups is 2. The number of carboxylic acid groups (broad SMARTS) is 1. The number of rotatable bonds is 7. The van der Waals surface area contributed by atoms with Gasteiger partial charge in [0.25, 0.3) is 0 Å². The zero-order valence-electron chi connectivity index (χ0n) is 12.2. The van der Waals surface area contributed by atoms with E-state index in [0.717, 1.165) is 19.3 Å². The fourth-order valence-electron chi connectivity index (χ4n) is 3.02. The van der Waals surface area contributed by atoms with Crippen molar-refractivity contribution in [3.8, 4) is 0 Å². The Balaban J connectivity index is 2.84. The molecule has 1 fully saturated rings. The van der Waals surface area contributed by atoms with E-state index in [2.05, 4.69) is 5.32 Å². The topological polar surface area (TPSA) is 69.6 Å². The van der Waals surface area contributed by atoms with Crippen molar-refractivity contribution in [3.63, 3.8) is 0 Å². The molecule has 0 spiro atoms. The van der Waals surface area contributed by atoms with Gasteiger partial charge in [0.1, 0.15) is 5.54 Å². The summed E-state index contributed by atoms with van der Waals surface area (Å²) in [5, 5.41) is 12.5. The Morgan fingerprint density at radius 3 is 2.58 bits per heavy atom. The Labute approximate surface area is 115 Å². The van der Waals surface area contributed by atoms with Gasteiger partial charge >= 0.3 is 5.97 Å². The number of nitrogens with one attached hydrogen (secondary N) is 1. The van der Waals surface area contributed by atoms with Crippen molar-refractivity contribution in [1.82, 2.24) is 10.2 Å². The molecule has 0 aromatic rings. The molecule has 1 amide bonds. The number of carbonyl (C=O) groups excluding carboxylic acids is 1. The van der Waals surface area contributed by atoms with E-state index < -0.39 is 11.5 Å². The fraction of sp³-hybridized carbons (Fsp3) is 0.857. The quantitative estimate of drug-likeness (QED) is 0.737. The molecule has 0 aromatic carbocycles. The summed E-state index contributed by atoms with van der Waals surface area (Å²) in [6, 6.07) is -0.378. The van der Waals surface area contributed by atoms with Crippen LogP contribution in [0.2, 0.25) is 0 Å². The van der Waals surface area contributed by atoms with E-state index >= 15 is 0 Å². The van der Waals surface area contributed by atoms with Gasteiger partial charge in [-0.25, -0.2) is 0 Å². The molecule has 2 N–H and O–H groups in total. The van der Waals surface area contributed by atoms with Crippen molar-refractivity contribution in [1.29, 1.82) is 0 Å².